The molecule has 2 amide bonds. The highest BCUT2D eigenvalue weighted by molar-refractivity contribution is 5.96. The number of aryl methyl sites for hydroxylation is 2. The fourth-order valence-corrected chi connectivity index (χ4v) is 4.92. The molecule has 0 aliphatic carbocycles. The molecule has 0 radical (unpaired) electrons. The number of rotatable bonds is 7. The van der Waals surface area contributed by atoms with Crippen LogP contribution >= 0.6 is 0 Å². The highest BCUT2D eigenvalue weighted by Crippen LogP contribution is 2.26. The lowest BCUT2D eigenvalue weighted by Crippen LogP contribution is -2.49. The van der Waals surface area contributed by atoms with Crippen LogP contribution in [0.25, 0.3) is 11.0 Å². The fraction of sp³-hybridized carbons (Fsp3) is 0.300. The number of benzene rings is 2. The number of piperazine rings is 1. The van der Waals surface area contributed by atoms with Crippen LogP contribution in [0.5, 0.6) is 0 Å². The molecule has 1 aliphatic heterocycles. The standard InChI is InChI=1S/C30H31N3O5/c1-21-5-3-6-23(17-21)20-33(24-8-9-25-22(2)18-29(35)38-27(25)19-24)28(34)10-11-31-12-14-32(15-13-31)30(36)26-7-4-16-37-26/h3-9,16-19H,10-15,20H2,1-2H3. The summed E-state index contributed by atoms with van der Waals surface area (Å²) < 4.78 is 10.7. The first-order valence-corrected chi connectivity index (χ1v) is 12.8. The molecule has 2 aromatic heterocycles. The summed E-state index contributed by atoms with van der Waals surface area (Å²) in [6.45, 7) is 7.46. The molecule has 0 atom stereocenters. The Morgan fingerprint density at radius 1 is 0.947 bits per heavy atom. The summed E-state index contributed by atoms with van der Waals surface area (Å²) in [6.07, 6.45) is 1.83. The molecule has 0 spiro atoms. The van der Waals surface area contributed by atoms with Crippen LogP contribution in [0.2, 0.25) is 0 Å². The summed E-state index contributed by atoms with van der Waals surface area (Å²) >= 11 is 0. The van der Waals surface area contributed by atoms with Crippen LogP contribution in [-0.2, 0) is 11.3 Å². The predicted molar refractivity (Wildman–Crippen MR) is 145 cm³/mol. The molecule has 0 saturated carbocycles. The van der Waals surface area contributed by atoms with Crippen LogP contribution in [0.15, 0.2) is 80.6 Å². The SMILES string of the molecule is Cc1cccc(CN(C(=O)CCN2CCN(C(=O)c3ccco3)CC2)c2ccc3c(C)cc(=O)oc3c2)c1. The normalized spacial score (nSPS) is 14.1. The summed E-state index contributed by atoms with van der Waals surface area (Å²) in [6, 6.07) is 18.5. The van der Waals surface area contributed by atoms with Crippen molar-refractivity contribution in [1.29, 1.82) is 0 Å². The number of fused-ring (bicyclic) bond motifs is 1. The maximum absolute atomic E-state index is 13.6. The smallest absolute Gasteiger partial charge is 0.336 e. The molecule has 8 nitrogen and oxygen atoms in total. The minimum absolute atomic E-state index is 0.0186. The van der Waals surface area contributed by atoms with Crippen LogP contribution < -0.4 is 10.5 Å². The molecule has 8 heteroatoms. The van der Waals surface area contributed by atoms with E-state index in [2.05, 4.69) is 11.0 Å². The maximum atomic E-state index is 13.6. The van der Waals surface area contributed by atoms with Crippen molar-refractivity contribution in [2.45, 2.75) is 26.8 Å². The third-order valence-corrected chi connectivity index (χ3v) is 7.00. The van der Waals surface area contributed by atoms with E-state index in [1.165, 1.54) is 12.3 Å². The summed E-state index contributed by atoms with van der Waals surface area (Å²) in [5.41, 5.74) is 3.72. The van der Waals surface area contributed by atoms with Crippen molar-refractivity contribution in [3.05, 3.63) is 99.8 Å². The van der Waals surface area contributed by atoms with Crippen LogP contribution in [0, 0.1) is 13.8 Å². The number of anilines is 1. The number of carbonyl (C=O) groups excluding carboxylic acids is 2. The van der Waals surface area contributed by atoms with Gasteiger partial charge in [-0.3, -0.25) is 14.5 Å². The first-order chi connectivity index (χ1) is 18.4. The van der Waals surface area contributed by atoms with Crippen molar-refractivity contribution in [2.24, 2.45) is 0 Å². The van der Waals surface area contributed by atoms with Crippen molar-refractivity contribution in [2.75, 3.05) is 37.6 Å². The van der Waals surface area contributed by atoms with Gasteiger partial charge in [0, 0.05) is 62.4 Å². The zero-order chi connectivity index (χ0) is 26.6. The Hall–Kier alpha value is -4.17. The number of amides is 2. The highest BCUT2D eigenvalue weighted by atomic mass is 16.4. The third-order valence-electron chi connectivity index (χ3n) is 7.00. The van der Waals surface area contributed by atoms with Crippen LogP contribution in [-0.4, -0.2) is 54.3 Å². The van der Waals surface area contributed by atoms with Crippen LogP contribution in [0.1, 0.15) is 33.7 Å². The van der Waals surface area contributed by atoms with Gasteiger partial charge in [-0.15, -0.1) is 0 Å². The van der Waals surface area contributed by atoms with Gasteiger partial charge in [-0.05, 0) is 49.2 Å². The monoisotopic (exact) mass is 513 g/mol. The van der Waals surface area contributed by atoms with Gasteiger partial charge in [-0.2, -0.15) is 0 Å². The molecule has 4 aromatic rings. The van der Waals surface area contributed by atoms with Gasteiger partial charge >= 0.3 is 5.63 Å². The molecule has 196 valence electrons. The lowest BCUT2D eigenvalue weighted by atomic mass is 10.1. The van der Waals surface area contributed by atoms with Crippen molar-refractivity contribution in [3.63, 3.8) is 0 Å². The Bertz CT molecular complexity index is 1500. The van der Waals surface area contributed by atoms with Crippen molar-refractivity contribution in [3.8, 4) is 0 Å². The van der Waals surface area contributed by atoms with Crippen LogP contribution in [0.3, 0.4) is 0 Å². The van der Waals surface area contributed by atoms with E-state index in [0.717, 1.165) is 22.1 Å². The Labute approximate surface area is 221 Å². The largest absolute Gasteiger partial charge is 0.459 e. The first-order valence-electron chi connectivity index (χ1n) is 12.8. The Morgan fingerprint density at radius 2 is 1.76 bits per heavy atom. The van der Waals surface area contributed by atoms with E-state index in [4.69, 9.17) is 8.83 Å². The minimum atomic E-state index is -0.409. The topological polar surface area (TPSA) is 87.2 Å². The highest BCUT2D eigenvalue weighted by Gasteiger charge is 2.25. The van der Waals surface area contributed by atoms with Crippen LogP contribution in [0.4, 0.5) is 5.69 Å². The predicted octanol–water partition coefficient (Wildman–Crippen LogP) is 4.38. The average Bonchev–Trinajstić information content (AvgIpc) is 3.45. The van der Waals surface area contributed by atoms with Gasteiger partial charge in [0.25, 0.3) is 5.91 Å². The maximum Gasteiger partial charge on any atom is 0.336 e. The molecular weight excluding hydrogens is 482 g/mol. The Morgan fingerprint density at radius 3 is 2.50 bits per heavy atom. The number of furan rings is 1. The van der Waals surface area contributed by atoms with E-state index < -0.39 is 5.63 Å². The molecule has 5 rings (SSSR count). The quantitative estimate of drug-likeness (QED) is 0.341. The van der Waals surface area contributed by atoms with Gasteiger partial charge < -0.3 is 18.6 Å². The summed E-state index contributed by atoms with van der Waals surface area (Å²) in [4.78, 5) is 43.9. The Balaban J connectivity index is 1.29. The van der Waals surface area contributed by atoms with Gasteiger partial charge in [0.2, 0.25) is 5.91 Å². The molecule has 1 saturated heterocycles. The van der Waals surface area contributed by atoms with Gasteiger partial charge in [0.05, 0.1) is 12.8 Å². The van der Waals surface area contributed by atoms with E-state index in [-0.39, 0.29) is 11.8 Å². The van der Waals surface area contributed by atoms with E-state index in [1.54, 1.807) is 28.0 Å². The average molecular weight is 514 g/mol. The second-order valence-corrected chi connectivity index (χ2v) is 9.76. The van der Waals surface area contributed by atoms with E-state index in [9.17, 15) is 14.4 Å². The zero-order valence-corrected chi connectivity index (χ0v) is 21.7. The second-order valence-electron chi connectivity index (χ2n) is 9.76. The van der Waals surface area contributed by atoms with Gasteiger partial charge in [-0.1, -0.05) is 29.8 Å². The lowest BCUT2D eigenvalue weighted by molar-refractivity contribution is -0.119. The summed E-state index contributed by atoms with van der Waals surface area (Å²) in [7, 11) is 0. The van der Waals surface area contributed by atoms with Crippen molar-refractivity contribution in [1.82, 2.24) is 9.80 Å². The van der Waals surface area contributed by atoms with Gasteiger partial charge in [0.15, 0.2) is 5.76 Å². The Kier molecular flexibility index (Phi) is 7.42. The number of nitrogens with zero attached hydrogens (tertiary/aromatic N) is 3. The molecule has 0 N–H and O–H groups in total. The van der Waals surface area contributed by atoms with Gasteiger partial charge in [0.1, 0.15) is 5.58 Å². The van der Waals surface area contributed by atoms with Crippen molar-refractivity contribution < 1.29 is 18.4 Å². The summed E-state index contributed by atoms with van der Waals surface area (Å²) in [5, 5.41) is 0.846. The molecule has 0 bridgehead atoms. The van der Waals surface area contributed by atoms with E-state index in [0.29, 0.717) is 62.7 Å². The third kappa shape index (κ3) is 5.70. The van der Waals surface area contributed by atoms with Crippen molar-refractivity contribution >= 4 is 28.5 Å². The zero-order valence-electron chi connectivity index (χ0n) is 21.7. The molecule has 3 heterocycles. The number of hydrogen-bond acceptors (Lipinski definition) is 6. The van der Waals surface area contributed by atoms with E-state index in [1.807, 2.05) is 44.2 Å². The molecule has 38 heavy (non-hydrogen) atoms. The lowest BCUT2D eigenvalue weighted by Gasteiger charge is -2.34. The molecule has 1 aliphatic rings. The number of hydrogen-bond donors (Lipinski definition) is 0. The van der Waals surface area contributed by atoms with E-state index >= 15 is 0 Å². The van der Waals surface area contributed by atoms with Gasteiger partial charge in [-0.25, -0.2) is 4.79 Å². The molecule has 1 fully saturated rings. The minimum Gasteiger partial charge on any atom is -0.459 e. The molecule has 0 unspecified atom stereocenters. The summed E-state index contributed by atoms with van der Waals surface area (Å²) in [5.74, 6) is 0.227. The molecular formula is C30H31N3O5. The fourth-order valence-electron chi connectivity index (χ4n) is 4.92. The number of carbonyl (C=O) groups is 2. The first kappa shape index (κ1) is 25.5. The second kappa shape index (κ2) is 11.1. The molecule has 2 aromatic carbocycles.